The van der Waals surface area contributed by atoms with E-state index >= 15 is 0 Å². The zero-order valence-corrected chi connectivity index (χ0v) is 8.38. The lowest BCUT2D eigenvalue weighted by molar-refractivity contribution is 0.976. The molecular weight excluding hydrogens is 200 g/mol. The maximum atomic E-state index is 11.3. The molecule has 2 aromatic rings. The van der Waals surface area contributed by atoms with Gasteiger partial charge in [-0.05, 0) is 30.7 Å². The lowest BCUT2D eigenvalue weighted by Crippen LogP contribution is -2.14. The van der Waals surface area contributed by atoms with Gasteiger partial charge >= 0.3 is 5.69 Å². The van der Waals surface area contributed by atoms with Crippen molar-refractivity contribution in [1.29, 1.82) is 0 Å². The second kappa shape index (κ2) is 3.35. The first kappa shape index (κ1) is 9.09. The van der Waals surface area contributed by atoms with Gasteiger partial charge in [0, 0.05) is 17.4 Å². The fraction of sp³-hybridized carbons (Fsp3) is 0.100. The molecule has 1 N–H and O–H groups in total. The number of aromatic nitrogens is 2. The number of aromatic amines is 1. The van der Waals surface area contributed by atoms with Crippen LogP contribution in [-0.2, 0) is 0 Å². The van der Waals surface area contributed by atoms with Crippen molar-refractivity contribution in [2.24, 2.45) is 0 Å². The summed E-state index contributed by atoms with van der Waals surface area (Å²) in [7, 11) is 0. The molecular formula is C10H9ClN2O. The summed E-state index contributed by atoms with van der Waals surface area (Å²) >= 11 is 5.82. The van der Waals surface area contributed by atoms with Gasteiger partial charge in [0.1, 0.15) is 0 Å². The third-order valence-electron chi connectivity index (χ3n) is 2.07. The van der Waals surface area contributed by atoms with Crippen LogP contribution in [0.15, 0.2) is 35.4 Å². The first-order valence-corrected chi connectivity index (χ1v) is 4.59. The van der Waals surface area contributed by atoms with Crippen molar-refractivity contribution >= 4 is 11.6 Å². The van der Waals surface area contributed by atoms with Gasteiger partial charge in [-0.15, -0.1) is 0 Å². The fourth-order valence-corrected chi connectivity index (χ4v) is 1.63. The Morgan fingerprint density at radius 1 is 1.43 bits per heavy atom. The van der Waals surface area contributed by atoms with Crippen molar-refractivity contribution in [2.75, 3.05) is 0 Å². The Balaban J connectivity index is 2.63. The molecule has 4 heteroatoms. The van der Waals surface area contributed by atoms with Gasteiger partial charge in [-0.1, -0.05) is 11.6 Å². The maximum absolute atomic E-state index is 11.3. The quantitative estimate of drug-likeness (QED) is 0.766. The van der Waals surface area contributed by atoms with Crippen LogP contribution in [0.1, 0.15) is 5.56 Å². The molecule has 0 aliphatic rings. The average Bonchev–Trinajstić information content (AvgIpc) is 2.52. The maximum Gasteiger partial charge on any atom is 0.330 e. The van der Waals surface area contributed by atoms with Gasteiger partial charge in [-0.3, -0.25) is 4.57 Å². The van der Waals surface area contributed by atoms with Crippen molar-refractivity contribution in [3.05, 3.63) is 51.7 Å². The number of hydrogen-bond acceptors (Lipinski definition) is 1. The molecule has 0 radical (unpaired) electrons. The Bertz CT molecular complexity index is 513. The number of rotatable bonds is 1. The number of aryl methyl sites for hydroxylation is 1. The molecule has 0 aliphatic heterocycles. The number of hydrogen-bond donors (Lipinski definition) is 1. The molecule has 0 bridgehead atoms. The van der Waals surface area contributed by atoms with E-state index in [1.807, 2.05) is 19.1 Å². The van der Waals surface area contributed by atoms with Gasteiger partial charge in [-0.25, -0.2) is 4.79 Å². The standard InChI is InChI=1S/C10H9ClN2O/c1-7-6-8(11)2-3-9(7)13-5-4-12-10(13)14/h2-6H,1H3,(H,12,14). The minimum absolute atomic E-state index is 0.143. The second-order valence-electron chi connectivity index (χ2n) is 3.07. The SMILES string of the molecule is Cc1cc(Cl)ccc1-n1cc[nH]c1=O. The fourth-order valence-electron chi connectivity index (χ4n) is 1.40. The number of nitrogens with one attached hydrogen (secondary N) is 1. The van der Waals surface area contributed by atoms with Gasteiger partial charge in [-0.2, -0.15) is 0 Å². The number of H-pyrrole nitrogens is 1. The van der Waals surface area contributed by atoms with E-state index in [4.69, 9.17) is 11.6 Å². The minimum Gasteiger partial charge on any atom is -0.312 e. The molecule has 0 spiro atoms. The summed E-state index contributed by atoms with van der Waals surface area (Å²) in [6, 6.07) is 5.42. The summed E-state index contributed by atoms with van der Waals surface area (Å²) in [6.07, 6.45) is 3.30. The predicted molar refractivity (Wildman–Crippen MR) is 56.1 cm³/mol. The van der Waals surface area contributed by atoms with Crippen LogP contribution in [0.5, 0.6) is 0 Å². The average molecular weight is 209 g/mol. The molecule has 0 atom stereocenters. The molecule has 14 heavy (non-hydrogen) atoms. The molecule has 2 rings (SSSR count). The normalized spacial score (nSPS) is 10.4. The van der Waals surface area contributed by atoms with Gasteiger partial charge in [0.25, 0.3) is 0 Å². The van der Waals surface area contributed by atoms with E-state index in [9.17, 15) is 4.79 Å². The first-order chi connectivity index (χ1) is 6.68. The Morgan fingerprint density at radius 2 is 2.21 bits per heavy atom. The molecule has 0 amide bonds. The highest BCUT2D eigenvalue weighted by molar-refractivity contribution is 6.30. The van der Waals surface area contributed by atoms with Crippen LogP contribution < -0.4 is 5.69 Å². The van der Waals surface area contributed by atoms with Crippen molar-refractivity contribution in [3.63, 3.8) is 0 Å². The van der Waals surface area contributed by atoms with E-state index in [0.717, 1.165) is 11.3 Å². The highest BCUT2D eigenvalue weighted by Gasteiger charge is 2.03. The molecule has 0 aliphatic carbocycles. The lowest BCUT2D eigenvalue weighted by Gasteiger charge is -2.05. The topological polar surface area (TPSA) is 37.8 Å². The number of imidazole rings is 1. The Morgan fingerprint density at radius 3 is 2.79 bits per heavy atom. The highest BCUT2D eigenvalue weighted by Crippen LogP contribution is 2.17. The van der Waals surface area contributed by atoms with E-state index in [0.29, 0.717) is 5.02 Å². The second-order valence-corrected chi connectivity index (χ2v) is 3.50. The molecule has 1 aromatic carbocycles. The molecule has 72 valence electrons. The van der Waals surface area contributed by atoms with Crippen molar-refractivity contribution in [1.82, 2.24) is 9.55 Å². The molecule has 3 nitrogen and oxygen atoms in total. The van der Waals surface area contributed by atoms with Crippen LogP contribution in [0.4, 0.5) is 0 Å². The van der Waals surface area contributed by atoms with E-state index in [-0.39, 0.29) is 5.69 Å². The van der Waals surface area contributed by atoms with Crippen molar-refractivity contribution < 1.29 is 0 Å². The monoisotopic (exact) mass is 208 g/mol. The Hall–Kier alpha value is -1.48. The first-order valence-electron chi connectivity index (χ1n) is 4.21. The largest absolute Gasteiger partial charge is 0.330 e. The van der Waals surface area contributed by atoms with Crippen LogP contribution >= 0.6 is 11.6 Å². The van der Waals surface area contributed by atoms with Crippen LogP contribution in [-0.4, -0.2) is 9.55 Å². The van der Waals surface area contributed by atoms with Crippen molar-refractivity contribution in [3.8, 4) is 5.69 Å². The summed E-state index contributed by atoms with van der Waals surface area (Å²) in [5.41, 5.74) is 1.68. The molecule has 0 fully saturated rings. The van der Waals surface area contributed by atoms with E-state index in [2.05, 4.69) is 4.98 Å². The number of benzene rings is 1. The summed E-state index contributed by atoms with van der Waals surface area (Å²) in [6.45, 7) is 1.92. The summed E-state index contributed by atoms with van der Waals surface area (Å²) in [5, 5.41) is 0.676. The van der Waals surface area contributed by atoms with E-state index in [1.165, 1.54) is 0 Å². The number of nitrogens with zero attached hydrogens (tertiary/aromatic N) is 1. The number of halogens is 1. The Labute approximate surface area is 86.0 Å². The Kier molecular flexibility index (Phi) is 2.17. The lowest BCUT2D eigenvalue weighted by atomic mass is 10.2. The third-order valence-corrected chi connectivity index (χ3v) is 2.30. The molecule has 0 saturated heterocycles. The predicted octanol–water partition coefficient (Wildman–Crippen LogP) is 2.13. The zero-order valence-electron chi connectivity index (χ0n) is 7.62. The third kappa shape index (κ3) is 1.46. The minimum atomic E-state index is -0.143. The van der Waals surface area contributed by atoms with E-state index in [1.54, 1.807) is 23.0 Å². The molecule has 0 unspecified atom stereocenters. The molecule has 1 heterocycles. The van der Waals surface area contributed by atoms with Gasteiger partial charge < -0.3 is 4.98 Å². The van der Waals surface area contributed by atoms with E-state index < -0.39 is 0 Å². The highest BCUT2D eigenvalue weighted by atomic mass is 35.5. The summed E-state index contributed by atoms with van der Waals surface area (Å²) in [4.78, 5) is 13.9. The molecule has 1 aromatic heterocycles. The zero-order chi connectivity index (χ0) is 10.1. The van der Waals surface area contributed by atoms with Gasteiger partial charge in [0.2, 0.25) is 0 Å². The van der Waals surface area contributed by atoms with Crippen molar-refractivity contribution in [2.45, 2.75) is 6.92 Å². The van der Waals surface area contributed by atoms with Gasteiger partial charge in [0.05, 0.1) is 5.69 Å². The summed E-state index contributed by atoms with van der Waals surface area (Å²) in [5.74, 6) is 0. The van der Waals surface area contributed by atoms with Crippen LogP contribution in [0.25, 0.3) is 5.69 Å². The molecule has 0 saturated carbocycles. The van der Waals surface area contributed by atoms with Crippen LogP contribution in [0, 0.1) is 6.92 Å². The van der Waals surface area contributed by atoms with Crippen LogP contribution in [0.2, 0.25) is 5.02 Å². The summed E-state index contributed by atoms with van der Waals surface area (Å²) < 4.78 is 1.55. The smallest absolute Gasteiger partial charge is 0.312 e. The van der Waals surface area contributed by atoms with Gasteiger partial charge in [0.15, 0.2) is 0 Å². The van der Waals surface area contributed by atoms with Crippen LogP contribution in [0.3, 0.4) is 0 Å².